The van der Waals surface area contributed by atoms with Crippen molar-refractivity contribution in [1.29, 1.82) is 0 Å². The topological polar surface area (TPSA) is 85.6 Å². The molecule has 2 heterocycles. The van der Waals surface area contributed by atoms with E-state index in [9.17, 15) is 4.79 Å². The highest BCUT2D eigenvalue weighted by Crippen LogP contribution is 2.38. The second kappa shape index (κ2) is 6.67. The molecule has 1 fully saturated rings. The molecule has 3 aromatic rings. The number of hydrogen-bond donors (Lipinski definition) is 1. The van der Waals surface area contributed by atoms with Crippen molar-refractivity contribution in [1.82, 2.24) is 24.7 Å². The second-order valence-electron chi connectivity index (χ2n) is 6.72. The second-order valence-corrected chi connectivity index (χ2v) is 6.72. The van der Waals surface area contributed by atoms with E-state index in [-0.39, 0.29) is 5.91 Å². The average molecular weight is 348 g/mol. The van der Waals surface area contributed by atoms with E-state index in [0.717, 1.165) is 41.4 Å². The maximum Gasteiger partial charge on any atom is 0.274 e. The van der Waals surface area contributed by atoms with Crippen LogP contribution in [0.2, 0.25) is 0 Å². The SMILES string of the molecule is Cc1cc(C(=O)Nc2cccc(Cc3nncn3C)c2)nc(C2CC2)n1. The van der Waals surface area contributed by atoms with Gasteiger partial charge in [-0.1, -0.05) is 12.1 Å². The third-order valence-corrected chi connectivity index (χ3v) is 4.40. The highest BCUT2D eigenvalue weighted by Gasteiger charge is 2.27. The van der Waals surface area contributed by atoms with Crippen LogP contribution in [0.1, 0.15) is 52.2 Å². The van der Waals surface area contributed by atoms with Gasteiger partial charge in [-0.15, -0.1) is 10.2 Å². The van der Waals surface area contributed by atoms with E-state index in [1.165, 1.54) is 0 Å². The van der Waals surface area contributed by atoms with Crippen LogP contribution in [-0.2, 0) is 13.5 Å². The fourth-order valence-electron chi connectivity index (χ4n) is 2.84. The van der Waals surface area contributed by atoms with E-state index < -0.39 is 0 Å². The van der Waals surface area contributed by atoms with Crippen molar-refractivity contribution in [3.05, 3.63) is 65.3 Å². The van der Waals surface area contributed by atoms with Crippen molar-refractivity contribution in [3.63, 3.8) is 0 Å². The maximum absolute atomic E-state index is 12.6. The zero-order chi connectivity index (χ0) is 18.1. The molecule has 1 saturated carbocycles. The number of nitrogens with one attached hydrogen (secondary N) is 1. The minimum atomic E-state index is -0.215. The number of carbonyl (C=O) groups excluding carboxylic acids is 1. The first-order valence-corrected chi connectivity index (χ1v) is 8.67. The molecule has 1 aliphatic rings. The maximum atomic E-state index is 12.6. The molecule has 7 heteroatoms. The highest BCUT2D eigenvalue weighted by molar-refractivity contribution is 6.02. The first-order chi connectivity index (χ1) is 12.6. The summed E-state index contributed by atoms with van der Waals surface area (Å²) in [5.41, 5.74) is 3.02. The van der Waals surface area contributed by atoms with Gasteiger partial charge in [0.1, 0.15) is 23.7 Å². The molecule has 0 bridgehead atoms. The summed E-state index contributed by atoms with van der Waals surface area (Å²) >= 11 is 0. The Kier molecular flexibility index (Phi) is 4.20. The van der Waals surface area contributed by atoms with Crippen molar-refractivity contribution < 1.29 is 4.79 Å². The van der Waals surface area contributed by atoms with Crippen molar-refractivity contribution in [2.75, 3.05) is 5.32 Å². The molecule has 26 heavy (non-hydrogen) atoms. The molecule has 1 N–H and O–H groups in total. The van der Waals surface area contributed by atoms with Gasteiger partial charge in [-0.3, -0.25) is 4.79 Å². The molecule has 132 valence electrons. The molecule has 1 aliphatic carbocycles. The molecular formula is C19H20N6O. The lowest BCUT2D eigenvalue weighted by atomic mass is 10.1. The van der Waals surface area contributed by atoms with E-state index in [1.807, 2.05) is 42.8 Å². The fourth-order valence-corrected chi connectivity index (χ4v) is 2.84. The lowest BCUT2D eigenvalue weighted by molar-refractivity contribution is 0.102. The van der Waals surface area contributed by atoms with Crippen LogP contribution in [-0.4, -0.2) is 30.6 Å². The van der Waals surface area contributed by atoms with Gasteiger partial charge >= 0.3 is 0 Å². The van der Waals surface area contributed by atoms with Gasteiger partial charge in [0.25, 0.3) is 5.91 Å². The lowest BCUT2D eigenvalue weighted by Crippen LogP contribution is -2.15. The van der Waals surface area contributed by atoms with Crippen molar-refractivity contribution in [2.24, 2.45) is 7.05 Å². The zero-order valence-corrected chi connectivity index (χ0v) is 14.8. The summed E-state index contributed by atoms with van der Waals surface area (Å²) in [5.74, 6) is 1.85. The Labute approximate surface area is 151 Å². The molecule has 0 unspecified atom stereocenters. The first kappa shape index (κ1) is 16.4. The van der Waals surface area contributed by atoms with Gasteiger partial charge in [-0.05, 0) is 43.5 Å². The number of benzene rings is 1. The number of aromatic nitrogens is 5. The largest absolute Gasteiger partial charge is 0.321 e. The molecule has 7 nitrogen and oxygen atoms in total. The molecule has 0 atom stereocenters. The number of anilines is 1. The molecule has 2 aromatic heterocycles. The van der Waals surface area contributed by atoms with Crippen LogP contribution in [0.4, 0.5) is 5.69 Å². The van der Waals surface area contributed by atoms with Gasteiger partial charge in [-0.25, -0.2) is 9.97 Å². The van der Waals surface area contributed by atoms with Gasteiger partial charge < -0.3 is 9.88 Å². The van der Waals surface area contributed by atoms with E-state index in [2.05, 4.69) is 25.5 Å². The Morgan fingerprint density at radius 1 is 1.27 bits per heavy atom. The minimum absolute atomic E-state index is 0.215. The van der Waals surface area contributed by atoms with Crippen LogP contribution in [0.25, 0.3) is 0 Å². The standard InChI is InChI=1S/C19H20N6O/c1-12-8-16(23-18(21-12)14-6-7-14)19(26)22-15-5-3-4-13(9-15)10-17-24-20-11-25(17)2/h3-5,8-9,11,14H,6-7,10H2,1-2H3,(H,22,26). The molecule has 1 amide bonds. The number of rotatable bonds is 5. The molecule has 0 aliphatic heterocycles. The Balaban J connectivity index is 1.51. The minimum Gasteiger partial charge on any atom is -0.321 e. The smallest absolute Gasteiger partial charge is 0.274 e. The first-order valence-electron chi connectivity index (χ1n) is 8.67. The lowest BCUT2D eigenvalue weighted by Gasteiger charge is -2.09. The molecule has 0 saturated heterocycles. The summed E-state index contributed by atoms with van der Waals surface area (Å²) in [6.07, 6.45) is 4.54. The Hall–Kier alpha value is -3.09. The molecule has 1 aromatic carbocycles. The van der Waals surface area contributed by atoms with E-state index in [1.54, 1.807) is 12.4 Å². The number of carbonyl (C=O) groups is 1. The van der Waals surface area contributed by atoms with E-state index in [0.29, 0.717) is 18.0 Å². The van der Waals surface area contributed by atoms with Crippen LogP contribution in [0.3, 0.4) is 0 Å². The molecule has 0 radical (unpaired) electrons. The van der Waals surface area contributed by atoms with Gasteiger partial charge in [0.15, 0.2) is 0 Å². The highest BCUT2D eigenvalue weighted by atomic mass is 16.1. The Morgan fingerprint density at radius 2 is 2.12 bits per heavy atom. The van der Waals surface area contributed by atoms with Gasteiger partial charge in [0.2, 0.25) is 0 Å². The van der Waals surface area contributed by atoms with Gasteiger partial charge in [-0.2, -0.15) is 0 Å². The van der Waals surface area contributed by atoms with Crippen LogP contribution in [0, 0.1) is 6.92 Å². The fraction of sp³-hybridized carbons (Fsp3) is 0.316. The van der Waals surface area contributed by atoms with Crippen molar-refractivity contribution in [3.8, 4) is 0 Å². The Bertz CT molecular complexity index is 960. The van der Waals surface area contributed by atoms with E-state index in [4.69, 9.17) is 0 Å². The van der Waals surface area contributed by atoms with Gasteiger partial charge in [0, 0.05) is 30.8 Å². The summed E-state index contributed by atoms with van der Waals surface area (Å²) in [7, 11) is 1.91. The monoisotopic (exact) mass is 348 g/mol. The summed E-state index contributed by atoms with van der Waals surface area (Å²) in [6, 6.07) is 9.47. The summed E-state index contributed by atoms with van der Waals surface area (Å²) in [5, 5.41) is 10.9. The molecule has 4 rings (SSSR count). The summed E-state index contributed by atoms with van der Waals surface area (Å²) < 4.78 is 1.88. The predicted molar refractivity (Wildman–Crippen MR) is 96.9 cm³/mol. The third kappa shape index (κ3) is 3.61. The molecular weight excluding hydrogens is 328 g/mol. The van der Waals surface area contributed by atoms with Crippen molar-refractivity contribution >= 4 is 11.6 Å². The zero-order valence-electron chi connectivity index (χ0n) is 14.8. The predicted octanol–water partition coefficient (Wildman–Crippen LogP) is 2.63. The van der Waals surface area contributed by atoms with Crippen LogP contribution in [0.15, 0.2) is 36.7 Å². The normalized spacial score (nSPS) is 13.6. The molecule has 0 spiro atoms. The average Bonchev–Trinajstić information content (AvgIpc) is 3.39. The van der Waals surface area contributed by atoms with Crippen LogP contribution in [0.5, 0.6) is 0 Å². The van der Waals surface area contributed by atoms with E-state index >= 15 is 0 Å². The summed E-state index contributed by atoms with van der Waals surface area (Å²) in [4.78, 5) is 21.5. The van der Waals surface area contributed by atoms with Crippen LogP contribution >= 0.6 is 0 Å². The van der Waals surface area contributed by atoms with Gasteiger partial charge in [0.05, 0.1) is 0 Å². The summed E-state index contributed by atoms with van der Waals surface area (Å²) in [6.45, 7) is 1.89. The number of nitrogens with zero attached hydrogens (tertiary/aromatic N) is 5. The van der Waals surface area contributed by atoms with Crippen molar-refractivity contribution in [2.45, 2.75) is 32.1 Å². The quantitative estimate of drug-likeness (QED) is 0.766. The number of hydrogen-bond acceptors (Lipinski definition) is 5. The van der Waals surface area contributed by atoms with Crippen LogP contribution < -0.4 is 5.32 Å². The number of aryl methyl sites for hydroxylation is 2. The Morgan fingerprint density at radius 3 is 2.85 bits per heavy atom. The third-order valence-electron chi connectivity index (χ3n) is 4.40. The number of amides is 1.